The minimum absolute atomic E-state index is 0.0562. The van der Waals surface area contributed by atoms with Crippen molar-refractivity contribution < 1.29 is 14.3 Å². The van der Waals surface area contributed by atoms with Crippen molar-refractivity contribution in [2.75, 3.05) is 50.5 Å². The number of ether oxygens (including phenoxy) is 2. The molecule has 6 heteroatoms. The first-order valence-electron chi connectivity index (χ1n) is 9.13. The second kappa shape index (κ2) is 7.27. The van der Waals surface area contributed by atoms with E-state index in [4.69, 9.17) is 9.47 Å². The Morgan fingerprint density at radius 3 is 3.04 bits per heavy atom. The van der Waals surface area contributed by atoms with E-state index >= 15 is 0 Å². The Bertz CT molecular complexity index is 633. The van der Waals surface area contributed by atoms with E-state index in [0.717, 1.165) is 56.9 Å². The van der Waals surface area contributed by atoms with Crippen LogP contribution in [0.4, 0.5) is 5.69 Å². The van der Waals surface area contributed by atoms with Crippen LogP contribution >= 0.6 is 11.8 Å². The number of likely N-dealkylation sites (tertiary alicyclic amines) is 1. The molecule has 1 aromatic carbocycles. The van der Waals surface area contributed by atoms with E-state index in [1.165, 1.54) is 4.90 Å². The second-order valence-electron chi connectivity index (χ2n) is 7.09. The molecule has 1 aromatic rings. The highest BCUT2D eigenvalue weighted by atomic mass is 32.2. The Morgan fingerprint density at radius 1 is 1.36 bits per heavy atom. The van der Waals surface area contributed by atoms with Crippen LogP contribution in [0.25, 0.3) is 0 Å². The molecule has 0 radical (unpaired) electrons. The number of carbonyl (C=O) groups is 1. The summed E-state index contributed by atoms with van der Waals surface area (Å²) >= 11 is 1.83. The van der Waals surface area contributed by atoms with Crippen LogP contribution in [-0.4, -0.2) is 68.2 Å². The fraction of sp³-hybridized carbons (Fsp3) is 0.632. The predicted octanol–water partition coefficient (Wildman–Crippen LogP) is 2.40. The lowest BCUT2D eigenvalue weighted by Crippen LogP contribution is -2.57. The summed E-state index contributed by atoms with van der Waals surface area (Å²) in [6.45, 7) is 3.74. The molecule has 0 bridgehead atoms. The number of rotatable bonds is 3. The highest BCUT2D eigenvalue weighted by Gasteiger charge is 2.47. The standard InChI is InChI=1S/C19H26N2O3S/c1-23-17-13-20(9-8-19(17)7-4-11-24-19)14-18(22)21-10-12-25-16-6-3-2-5-15(16)21/h2-3,5-6,17H,4,7-14H2,1H3/t17-,19+/m0/s1. The van der Waals surface area contributed by atoms with Gasteiger partial charge in [0.2, 0.25) is 5.91 Å². The highest BCUT2D eigenvalue weighted by Crippen LogP contribution is 2.38. The van der Waals surface area contributed by atoms with Crippen LogP contribution in [0.3, 0.4) is 0 Å². The fourth-order valence-electron chi connectivity index (χ4n) is 4.31. The highest BCUT2D eigenvalue weighted by molar-refractivity contribution is 7.99. The number of hydrogen-bond donors (Lipinski definition) is 0. The average molecular weight is 362 g/mol. The lowest BCUT2D eigenvalue weighted by atomic mass is 9.86. The molecule has 0 N–H and O–H groups in total. The molecule has 3 aliphatic heterocycles. The molecule has 4 rings (SSSR count). The number of amides is 1. The molecular weight excluding hydrogens is 336 g/mol. The Labute approximate surface area is 153 Å². The Balaban J connectivity index is 1.42. The third-order valence-corrected chi connectivity index (χ3v) is 6.71. The molecule has 2 fully saturated rings. The van der Waals surface area contributed by atoms with Gasteiger partial charge in [0.05, 0.1) is 23.9 Å². The van der Waals surface area contributed by atoms with E-state index in [1.807, 2.05) is 28.8 Å². The zero-order chi connectivity index (χ0) is 17.3. The quantitative estimate of drug-likeness (QED) is 0.826. The van der Waals surface area contributed by atoms with Crippen LogP contribution in [0.5, 0.6) is 0 Å². The van der Waals surface area contributed by atoms with Crippen molar-refractivity contribution in [3.63, 3.8) is 0 Å². The third kappa shape index (κ3) is 3.33. The maximum Gasteiger partial charge on any atom is 0.241 e. The van der Waals surface area contributed by atoms with Gasteiger partial charge in [-0.3, -0.25) is 9.69 Å². The minimum atomic E-state index is -0.122. The normalized spacial score (nSPS) is 29.8. The number of hydrogen-bond acceptors (Lipinski definition) is 5. The van der Waals surface area contributed by atoms with Gasteiger partial charge >= 0.3 is 0 Å². The number of carbonyl (C=O) groups excluding carboxylic acids is 1. The maximum atomic E-state index is 12.9. The van der Waals surface area contributed by atoms with Crippen molar-refractivity contribution >= 4 is 23.4 Å². The fourth-order valence-corrected chi connectivity index (χ4v) is 5.30. The SMILES string of the molecule is CO[C@H]1CN(CC(=O)N2CCSc3ccccc32)CC[C@]12CCCO2. The summed E-state index contributed by atoms with van der Waals surface area (Å²) < 4.78 is 11.8. The molecule has 0 saturated carbocycles. The van der Waals surface area contributed by atoms with Crippen molar-refractivity contribution in [3.8, 4) is 0 Å². The first-order chi connectivity index (χ1) is 12.2. The van der Waals surface area contributed by atoms with E-state index < -0.39 is 0 Å². The molecule has 1 spiro atoms. The Hall–Kier alpha value is -1.08. The summed E-state index contributed by atoms with van der Waals surface area (Å²) in [6, 6.07) is 8.19. The summed E-state index contributed by atoms with van der Waals surface area (Å²) in [5.41, 5.74) is 0.933. The van der Waals surface area contributed by atoms with Gasteiger partial charge in [-0.15, -0.1) is 11.8 Å². The van der Waals surface area contributed by atoms with Gasteiger partial charge in [0.1, 0.15) is 0 Å². The number of nitrogens with zero attached hydrogens (tertiary/aromatic N) is 2. The molecule has 3 heterocycles. The molecular formula is C19H26N2O3S. The number of methoxy groups -OCH3 is 1. The minimum Gasteiger partial charge on any atom is -0.377 e. The zero-order valence-electron chi connectivity index (χ0n) is 14.8. The van der Waals surface area contributed by atoms with Gasteiger partial charge < -0.3 is 14.4 Å². The van der Waals surface area contributed by atoms with Crippen molar-refractivity contribution in [2.24, 2.45) is 0 Å². The van der Waals surface area contributed by atoms with E-state index in [-0.39, 0.29) is 17.6 Å². The van der Waals surface area contributed by atoms with Crippen molar-refractivity contribution in [1.82, 2.24) is 4.90 Å². The van der Waals surface area contributed by atoms with E-state index in [2.05, 4.69) is 17.0 Å². The first-order valence-corrected chi connectivity index (χ1v) is 10.1. The summed E-state index contributed by atoms with van der Waals surface area (Å²) in [6.07, 6.45) is 3.19. The van der Waals surface area contributed by atoms with Crippen LogP contribution in [0, 0.1) is 0 Å². The molecule has 0 aromatic heterocycles. The number of piperidine rings is 1. The first kappa shape index (κ1) is 17.3. The topological polar surface area (TPSA) is 42.0 Å². The smallest absolute Gasteiger partial charge is 0.241 e. The van der Waals surface area contributed by atoms with Gasteiger partial charge in [-0.2, -0.15) is 0 Å². The zero-order valence-corrected chi connectivity index (χ0v) is 15.6. The van der Waals surface area contributed by atoms with Gasteiger partial charge in [0.25, 0.3) is 0 Å². The van der Waals surface area contributed by atoms with Gasteiger partial charge in [-0.1, -0.05) is 12.1 Å². The Morgan fingerprint density at radius 2 is 2.24 bits per heavy atom. The van der Waals surface area contributed by atoms with Crippen LogP contribution in [0.15, 0.2) is 29.2 Å². The monoisotopic (exact) mass is 362 g/mol. The van der Waals surface area contributed by atoms with Crippen molar-refractivity contribution in [3.05, 3.63) is 24.3 Å². The number of fused-ring (bicyclic) bond motifs is 1. The van der Waals surface area contributed by atoms with Crippen molar-refractivity contribution in [2.45, 2.75) is 35.9 Å². The molecule has 136 valence electrons. The van der Waals surface area contributed by atoms with Gasteiger partial charge in [-0.25, -0.2) is 0 Å². The number of para-hydroxylation sites is 1. The average Bonchev–Trinajstić information content (AvgIpc) is 3.12. The predicted molar refractivity (Wildman–Crippen MR) is 99.3 cm³/mol. The van der Waals surface area contributed by atoms with Crippen LogP contribution in [0.1, 0.15) is 19.3 Å². The molecule has 25 heavy (non-hydrogen) atoms. The van der Waals surface area contributed by atoms with Crippen LogP contribution in [-0.2, 0) is 14.3 Å². The lowest BCUT2D eigenvalue weighted by Gasteiger charge is -2.44. The summed E-state index contributed by atoms with van der Waals surface area (Å²) in [5.74, 6) is 1.14. The summed E-state index contributed by atoms with van der Waals surface area (Å²) in [4.78, 5) is 18.3. The number of thioether (sulfide) groups is 1. The number of benzene rings is 1. The second-order valence-corrected chi connectivity index (χ2v) is 8.22. The molecule has 2 atom stereocenters. The van der Waals surface area contributed by atoms with Crippen molar-refractivity contribution in [1.29, 1.82) is 0 Å². The largest absolute Gasteiger partial charge is 0.377 e. The van der Waals surface area contributed by atoms with Gasteiger partial charge in [0, 0.05) is 44.0 Å². The van der Waals surface area contributed by atoms with Gasteiger partial charge in [0.15, 0.2) is 0 Å². The van der Waals surface area contributed by atoms with E-state index in [1.54, 1.807) is 7.11 Å². The molecule has 5 nitrogen and oxygen atoms in total. The number of anilines is 1. The van der Waals surface area contributed by atoms with Crippen LogP contribution < -0.4 is 4.90 Å². The van der Waals surface area contributed by atoms with E-state index in [9.17, 15) is 4.79 Å². The summed E-state index contributed by atoms with van der Waals surface area (Å²) in [5, 5.41) is 0. The summed E-state index contributed by atoms with van der Waals surface area (Å²) in [7, 11) is 1.76. The van der Waals surface area contributed by atoms with Crippen LogP contribution in [0.2, 0.25) is 0 Å². The molecule has 0 aliphatic carbocycles. The molecule has 2 saturated heterocycles. The lowest BCUT2D eigenvalue weighted by molar-refractivity contribution is -0.146. The molecule has 0 unspecified atom stereocenters. The third-order valence-electron chi connectivity index (χ3n) is 5.67. The molecule has 3 aliphatic rings. The van der Waals surface area contributed by atoms with E-state index in [0.29, 0.717) is 6.54 Å². The van der Waals surface area contributed by atoms with Gasteiger partial charge in [-0.05, 0) is 31.4 Å². The molecule has 1 amide bonds. The maximum absolute atomic E-state index is 12.9. The Kier molecular flexibility index (Phi) is 5.04.